The van der Waals surface area contributed by atoms with Gasteiger partial charge in [-0.15, -0.1) is 10.2 Å². The molecule has 0 unspecified atom stereocenters. The van der Waals surface area contributed by atoms with Crippen molar-refractivity contribution in [2.45, 2.75) is 18.5 Å². The zero-order valence-electron chi connectivity index (χ0n) is 12.6. The van der Waals surface area contributed by atoms with Crippen LogP contribution in [0.5, 0.6) is 11.5 Å². The van der Waals surface area contributed by atoms with E-state index >= 15 is 0 Å². The standard InChI is InChI=1S/C14H17N5O3S/c1-2-12-17-18-14(19(12)15)23-8-13(20)16-9-3-4-10-11(7-9)22-6-5-21-10/h3-4,7H,2,5-6,8,15H2,1H3,(H,16,20). The molecule has 0 bridgehead atoms. The van der Waals surface area contributed by atoms with Crippen molar-refractivity contribution in [2.75, 3.05) is 30.1 Å². The number of hydrogen-bond acceptors (Lipinski definition) is 7. The number of aromatic nitrogens is 3. The van der Waals surface area contributed by atoms with Gasteiger partial charge in [0.25, 0.3) is 0 Å². The maximum Gasteiger partial charge on any atom is 0.234 e. The lowest BCUT2D eigenvalue weighted by Gasteiger charge is -2.18. The van der Waals surface area contributed by atoms with Crippen molar-refractivity contribution in [2.24, 2.45) is 0 Å². The maximum atomic E-state index is 12.0. The average molecular weight is 335 g/mol. The third-order valence-electron chi connectivity index (χ3n) is 3.21. The number of nitrogens with zero attached hydrogens (tertiary/aromatic N) is 3. The van der Waals surface area contributed by atoms with Gasteiger partial charge in [0.2, 0.25) is 11.1 Å². The normalized spacial score (nSPS) is 12.9. The van der Waals surface area contributed by atoms with Crippen LogP contribution in [0.15, 0.2) is 23.4 Å². The van der Waals surface area contributed by atoms with Crippen LogP contribution in [0.3, 0.4) is 0 Å². The third kappa shape index (κ3) is 3.50. The van der Waals surface area contributed by atoms with Crippen LogP contribution in [0.25, 0.3) is 0 Å². The van der Waals surface area contributed by atoms with Crippen LogP contribution in [-0.4, -0.2) is 39.7 Å². The number of benzene rings is 1. The van der Waals surface area contributed by atoms with E-state index in [4.69, 9.17) is 15.3 Å². The fraction of sp³-hybridized carbons (Fsp3) is 0.357. The molecule has 0 saturated heterocycles. The molecule has 0 aliphatic carbocycles. The van der Waals surface area contributed by atoms with E-state index in [2.05, 4.69) is 15.5 Å². The van der Waals surface area contributed by atoms with Crippen LogP contribution >= 0.6 is 11.8 Å². The molecule has 0 atom stereocenters. The summed E-state index contributed by atoms with van der Waals surface area (Å²) in [6, 6.07) is 5.30. The zero-order valence-corrected chi connectivity index (χ0v) is 13.4. The van der Waals surface area contributed by atoms with E-state index < -0.39 is 0 Å². The Bertz CT molecular complexity index is 718. The number of fused-ring (bicyclic) bond motifs is 1. The molecular weight excluding hydrogens is 318 g/mol. The number of nitrogens with two attached hydrogens (primary N) is 1. The molecule has 9 heteroatoms. The van der Waals surface area contributed by atoms with E-state index in [1.807, 2.05) is 6.92 Å². The number of ether oxygens (including phenoxy) is 2. The second-order valence-electron chi connectivity index (χ2n) is 4.82. The van der Waals surface area contributed by atoms with Crippen LogP contribution in [-0.2, 0) is 11.2 Å². The predicted octanol–water partition coefficient (Wildman–Crippen LogP) is 1.06. The monoisotopic (exact) mass is 335 g/mol. The highest BCUT2D eigenvalue weighted by Gasteiger charge is 2.14. The van der Waals surface area contributed by atoms with Crippen LogP contribution in [0, 0.1) is 0 Å². The molecule has 23 heavy (non-hydrogen) atoms. The Labute approximate surface area is 137 Å². The summed E-state index contributed by atoms with van der Waals surface area (Å²) in [6.07, 6.45) is 0.688. The van der Waals surface area contributed by atoms with Gasteiger partial charge in [-0.05, 0) is 12.1 Å². The molecule has 1 aliphatic heterocycles. The van der Waals surface area contributed by atoms with Gasteiger partial charge in [-0.2, -0.15) is 0 Å². The molecular formula is C14H17N5O3S. The van der Waals surface area contributed by atoms with Crippen molar-refractivity contribution in [3.8, 4) is 11.5 Å². The van der Waals surface area contributed by atoms with Crippen molar-refractivity contribution in [1.82, 2.24) is 14.9 Å². The van der Waals surface area contributed by atoms with Gasteiger partial charge in [-0.3, -0.25) is 4.79 Å². The number of thioether (sulfide) groups is 1. The van der Waals surface area contributed by atoms with Gasteiger partial charge in [0.15, 0.2) is 17.3 Å². The molecule has 0 radical (unpaired) electrons. The molecule has 1 amide bonds. The number of hydrogen-bond donors (Lipinski definition) is 2. The Morgan fingerprint density at radius 2 is 2.13 bits per heavy atom. The van der Waals surface area contributed by atoms with Crippen LogP contribution < -0.4 is 20.6 Å². The molecule has 2 heterocycles. The lowest BCUT2D eigenvalue weighted by atomic mass is 10.2. The largest absolute Gasteiger partial charge is 0.486 e. The minimum Gasteiger partial charge on any atom is -0.486 e. The minimum atomic E-state index is -0.160. The number of carbonyl (C=O) groups excluding carboxylic acids is 1. The summed E-state index contributed by atoms with van der Waals surface area (Å²) < 4.78 is 12.3. The summed E-state index contributed by atoms with van der Waals surface area (Å²) in [7, 11) is 0. The molecule has 0 saturated carbocycles. The second-order valence-corrected chi connectivity index (χ2v) is 5.76. The molecule has 122 valence electrons. The number of aryl methyl sites for hydroxylation is 1. The van der Waals surface area contributed by atoms with Crippen LogP contribution in [0.1, 0.15) is 12.7 Å². The van der Waals surface area contributed by atoms with Crippen molar-refractivity contribution in [3.63, 3.8) is 0 Å². The first kappa shape index (κ1) is 15.5. The summed E-state index contributed by atoms with van der Waals surface area (Å²) >= 11 is 1.24. The van der Waals surface area contributed by atoms with Crippen LogP contribution in [0.4, 0.5) is 5.69 Å². The fourth-order valence-electron chi connectivity index (χ4n) is 2.09. The Hall–Kier alpha value is -2.42. The van der Waals surface area contributed by atoms with Crippen molar-refractivity contribution >= 4 is 23.4 Å². The van der Waals surface area contributed by atoms with Gasteiger partial charge in [0, 0.05) is 18.2 Å². The van der Waals surface area contributed by atoms with Gasteiger partial charge in [0.1, 0.15) is 13.2 Å². The van der Waals surface area contributed by atoms with Gasteiger partial charge in [0.05, 0.1) is 5.75 Å². The Morgan fingerprint density at radius 1 is 1.35 bits per heavy atom. The lowest BCUT2D eigenvalue weighted by molar-refractivity contribution is -0.113. The molecule has 0 fully saturated rings. The molecule has 3 N–H and O–H groups in total. The molecule has 1 aromatic carbocycles. The van der Waals surface area contributed by atoms with E-state index in [1.165, 1.54) is 16.4 Å². The lowest BCUT2D eigenvalue weighted by Crippen LogP contribution is -2.18. The van der Waals surface area contributed by atoms with Crippen molar-refractivity contribution in [1.29, 1.82) is 0 Å². The summed E-state index contributed by atoms with van der Waals surface area (Å²) in [5.74, 6) is 7.87. The van der Waals surface area contributed by atoms with E-state index in [0.717, 1.165) is 0 Å². The number of rotatable bonds is 5. The zero-order chi connectivity index (χ0) is 16.2. The van der Waals surface area contributed by atoms with Crippen LogP contribution in [0.2, 0.25) is 0 Å². The second kappa shape index (κ2) is 6.78. The van der Waals surface area contributed by atoms with E-state index in [0.29, 0.717) is 47.8 Å². The highest BCUT2D eigenvalue weighted by molar-refractivity contribution is 7.99. The predicted molar refractivity (Wildman–Crippen MR) is 86.3 cm³/mol. The van der Waals surface area contributed by atoms with Gasteiger partial charge >= 0.3 is 0 Å². The van der Waals surface area contributed by atoms with Gasteiger partial charge < -0.3 is 20.6 Å². The first-order chi connectivity index (χ1) is 11.2. The number of anilines is 1. The number of carbonyl (C=O) groups is 1. The van der Waals surface area contributed by atoms with E-state index in [9.17, 15) is 4.79 Å². The topological polar surface area (TPSA) is 104 Å². The number of nitrogens with one attached hydrogen (secondary N) is 1. The first-order valence-electron chi connectivity index (χ1n) is 7.19. The Kier molecular flexibility index (Phi) is 4.56. The molecule has 2 aromatic rings. The Morgan fingerprint density at radius 3 is 2.87 bits per heavy atom. The molecule has 1 aliphatic rings. The maximum absolute atomic E-state index is 12.0. The summed E-state index contributed by atoms with van der Waals surface area (Å²) in [6.45, 7) is 2.98. The van der Waals surface area contributed by atoms with Gasteiger partial charge in [-0.25, -0.2) is 4.68 Å². The van der Waals surface area contributed by atoms with E-state index in [1.54, 1.807) is 18.2 Å². The quantitative estimate of drug-likeness (QED) is 0.622. The SMILES string of the molecule is CCc1nnc(SCC(=O)Nc2ccc3c(c2)OCCO3)n1N. The highest BCUT2D eigenvalue weighted by atomic mass is 32.2. The van der Waals surface area contributed by atoms with Crippen molar-refractivity contribution < 1.29 is 14.3 Å². The fourth-order valence-corrected chi connectivity index (χ4v) is 2.77. The number of nitrogen functional groups attached to an aromatic ring is 1. The highest BCUT2D eigenvalue weighted by Crippen LogP contribution is 2.32. The van der Waals surface area contributed by atoms with Crippen molar-refractivity contribution in [3.05, 3.63) is 24.0 Å². The third-order valence-corrected chi connectivity index (χ3v) is 4.15. The van der Waals surface area contributed by atoms with Gasteiger partial charge in [-0.1, -0.05) is 18.7 Å². The summed E-state index contributed by atoms with van der Waals surface area (Å²) in [5.41, 5.74) is 0.656. The summed E-state index contributed by atoms with van der Waals surface area (Å²) in [5, 5.41) is 11.2. The summed E-state index contributed by atoms with van der Waals surface area (Å²) in [4.78, 5) is 12.0. The molecule has 0 spiro atoms. The molecule has 8 nitrogen and oxygen atoms in total. The average Bonchev–Trinajstić information content (AvgIpc) is 2.93. The minimum absolute atomic E-state index is 0.160. The molecule has 1 aromatic heterocycles. The molecule has 3 rings (SSSR count). The van der Waals surface area contributed by atoms with E-state index in [-0.39, 0.29) is 11.7 Å². The Balaban J connectivity index is 1.58. The smallest absolute Gasteiger partial charge is 0.234 e. The first-order valence-corrected chi connectivity index (χ1v) is 8.17. The number of amides is 1.